The van der Waals surface area contributed by atoms with Crippen LogP contribution in [0.15, 0.2) is 42.7 Å². The first-order chi connectivity index (χ1) is 18.9. The van der Waals surface area contributed by atoms with Crippen LogP contribution in [0.25, 0.3) is 11.1 Å². The van der Waals surface area contributed by atoms with Gasteiger partial charge in [0, 0.05) is 54.5 Å². The molecule has 0 aliphatic carbocycles. The number of aromatic nitrogens is 2. The maximum Gasteiger partial charge on any atom is 0.303 e. The second-order valence-corrected chi connectivity index (χ2v) is 9.59. The molecule has 11 heteroatoms. The number of amides is 2. The van der Waals surface area contributed by atoms with Gasteiger partial charge in [0.15, 0.2) is 6.61 Å². The number of rotatable bonds is 5. The van der Waals surface area contributed by atoms with Crippen molar-refractivity contribution in [3.05, 3.63) is 48.3 Å². The summed E-state index contributed by atoms with van der Waals surface area (Å²) in [5.41, 5.74) is 4.81. The summed E-state index contributed by atoms with van der Waals surface area (Å²) in [6, 6.07) is 9.54. The smallest absolute Gasteiger partial charge is 0.303 e. The van der Waals surface area contributed by atoms with Crippen molar-refractivity contribution in [2.24, 2.45) is 0 Å². The molecule has 2 amide bonds. The molecule has 2 aromatic heterocycles. The predicted octanol–water partition coefficient (Wildman–Crippen LogP) is 3.76. The van der Waals surface area contributed by atoms with Gasteiger partial charge in [0.1, 0.15) is 30.0 Å². The number of carbonyl (C=O) groups excluding carboxylic acids is 3. The molecule has 1 saturated heterocycles. The lowest BCUT2D eigenvalue weighted by Crippen LogP contribution is -2.40. The molecule has 200 valence electrons. The lowest BCUT2D eigenvalue weighted by molar-refractivity contribution is -0.145. The maximum atomic E-state index is 12.6. The molecular weight excluding hydrogens is 502 g/mol. The van der Waals surface area contributed by atoms with Crippen LogP contribution in [0.1, 0.15) is 38.4 Å². The molecule has 11 nitrogen and oxygen atoms in total. The molecule has 1 atom stereocenters. The Labute approximate surface area is 224 Å². The first-order valence-corrected chi connectivity index (χ1v) is 12.8. The summed E-state index contributed by atoms with van der Waals surface area (Å²) < 4.78 is 16.7. The molecule has 3 aromatic rings. The number of ether oxygens (including phenoxy) is 3. The average molecular weight is 530 g/mol. The summed E-state index contributed by atoms with van der Waals surface area (Å²) >= 11 is 0. The van der Waals surface area contributed by atoms with Gasteiger partial charge in [-0.05, 0) is 37.6 Å². The van der Waals surface area contributed by atoms with Crippen molar-refractivity contribution in [3.63, 3.8) is 0 Å². The Morgan fingerprint density at radius 1 is 1.13 bits per heavy atom. The zero-order valence-corrected chi connectivity index (χ0v) is 21.6. The minimum absolute atomic E-state index is 0.136. The first-order valence-electron chi connectivity index (χ1n) is 12.8. The van der Waals surface area contributed by atoms with Gasteiger partial charge in [-0.15, -0.1) is 0 Å². The summed E-state index contributed by atoms with van der Waals surface area (Å²) in [7, 11) is 0. The van der Waals surface area contributed by atoms with Crippen LogP contribution >= 0.6 is 0 Å². The highest BCUT2D eigenvalue weighted by Crippen LogP contribution is 2.44. The van der Waals surface area contributed by atoms with Crippen LogP contribution < -0.4 is 24.6 Å². The number of nitrogens with zero attached hydrogens (tertiary/aromatic N) is 4. The van der Waals surface area contributed by atoms with Gasteiger partial charge in [0.05, 0.1) is 18.4 Å². The molecule has 3 aliphatic heterocycles. The number of carbonyl (C=O) groups is 3. The van der Waals surface area contributed by atoms with Crippen molar-refractivity contribution in [3.8, 4) is 22.8 Å². The van der Waals surface area contributed by atoms with Gasteiger partial charge in [0.2, 0.25) is 11.8 Å². The predicted molar refractivity (Wildman–Crippen MR) is 142 cm³/mol. The summed E-state index contributed by atoms with van der Waals surface area (Å²) in [4.78, 5) is 48.3. The number of anilines is 4. The molecule has 0 saturated carbocycles. The second-order valence-electron chi connectivity index (χ2n) is 9.59. The first kappa shape index (κ1) is 24.7. The minimum Gasteiger partial charge on any atom is -0.485 e. The third-order valence-corrected chi connectivity index (χ3v) is 6.97. The van der Waals surface area contributed by atoms with Gasteiger partial charge in [-0.2, -0.15) is 0 Å². The Morgan fingerprint density at radius 3 is 2.79 bits per heavy atom. The minimum atomic E-state index is -0.521. The van der Waals surface area contributed by atoms with Gasteiger partial charge in [-0.25, -0.2) is 9.97 Å². The van der Waals surface area contributed by atoms with E-state index in [0.29, 0.717) is 42.6 Å². The maximum absolute atomic E-state index is 12.6. The van der Waals surface area contributed by atoms with Crippen LogP contribution in [0, 0.1) is 0 Å². The normalized spacial score (nSPS) is 17.4. The fourth-order valence-corrected chi connectivity index (χ4v) is 5.09. The number of hydrogen-bond donors (Lipinski definition) is 1. The summed E-state index contributed by atoms with van der Waals surface area (Å²) in [6.07, 6.45) is 4.62. The molecule has 0 radical (unpaired) electrons. The van der Waals surface area contributed by atoms with Crippen LogP contribution in [0.5, 0.6) is 11.6 Å². The molecule has 39 heavy (non-hydrogen) atoms. The van der Waals surface area contributed by atoms with E-state index in [0.717, 1.165) is 41.1 Å². The van der Waals surface area contributed by atoms with Gasteiger partial charge in [-0.3, -0.25) is 14.4 Å². The monoisotopic (exact) mass is 529 g/mol. The summed E-state index contributed by atoms with van der Waals surface area (Å²) in [5.74, 6) is 0.899. The van der Waals surface area contributed by atoms with E-state index in [4.69, 9.17) is 14.2 Å². The van der Waals surface area contributed by atoms with Gasteiger partial charge in [-0.1, -0.05) is 0 Å². The van der Waals surface area contributed by atoms with Crippen LogP contribution in [0.4, 0.5) is 22.9 Å². The van der Waals surface area contributed by atoms with Gasteiger partial charge >= 0.3 is 5.97 Å². The lowest BCUT2D eigenvalue weighted by atomic mass is 9.94. The molecule has 1 N–H and O–H groups in total. The van der Waals surface area contributed by atoms with E-state index < -0.39 is 5.97 Å². The van der Waals surface area contributed by atoms with E-state index in [1.807, 2.05) is 31.2 Å². The zero-order valence-electron chi connectivity index (χ0n) is 21.6. The highest BCUT2D eigenvalue weighted by molar-refractivity contribution is 5.97. The Morgan fingerprint density at radius 2 is 2.00 bits per heavy atom. The Hall–Kier alpha value is -4.67. The Balaban J connectivity index is 1.24. The zero-order chi connectivity index (χ0) is 27.1. The molecular formula is C28H27N5O6. The fourth-order valence-electron chi connectivity index (χ4n) is 5.09. The van der Waals surface area contributed by atoms with Crippen LogP contribution in [0.3, 0.4) is 0 Å². The van der Waals surface area contributed by atoms with Crippen molar-refractivity contribution in [2.45, 2.75) is 32.8 Å². The Kier molecular flexibility index (Phi) is 6.26. The lowest BCUT2D eigenvalue weighted by Gasteiger charge is -2.29. The van der Waals surface area contributed by atoms with Crippen molar-refractivity contribution < 1.29 is 28.6 Å². The van der Waals surface area contributed by atoms with E-state index in [2.05, 4.69) is 15.3 Å². The Bertz CT molecular complexity index is 1490. The number of hydrogen-bond acceptors (Lipinski definition) is 9. The van der Waals surface area contributed by atoms with E-state index in [9.17, 15) is 14.4 Å². The number of benzene rings is 1. The van der Waals surface area contributed by atoms with E-state index in [1.165, 1.54) is 11.8 Å². The van der Waals surface area contributed by atoms with E-state index in [-0.39, 0.29) is 24.5 Å². The summed E-state index contributed by atoms with van der Waals surface area (Å²) in [5, 5.41) is 3.26. The topological polar surface area (TPSA) is 123 Å². The number of fused-ring (bicyclic) bond motifs is 4. The van der Waals surface area contributed by atoms with Gasteiger partial charge in [0.25, 0.3) is 5.91 Å². The molecule has 0 spiro atoms. The van der Waals surface area contributed by atoms with Crippen molar-refractivity contribution in [1.29, 1.82) is 0 Å². The third-order valence-electron chi connectivity index (χ3n) is 6.97. The third kappa shape index (κ3) is 4.71. The van der Waals surface area contributed by atoms with Crippen LogP contribution in [0.2, 0.25) is 0 Å². The molecule has 0 bridgehead atoms. The molecule has 5 heterocycles. The van der Waals surface area contributed by atoms with E-state index >= 15 is 0 Å². The standard InChI is InChI=1S/C28H27N5O6/c1-16-21-12-25(29-14-22(21)20-6-5-19(11-24(20)39-16)32-7-3-4-26(32)35)31-18-10-23-28(30-13-18)37-9-8-33(23)27(36)15-38-17(2)34/h5-6,10-14,16H,3-4,7-9,15H2,1-2H3,(H,29,31). The average Bonchev–Trinajstić information content (AvgIpc) is 3.37. The van der Waals surface area contributed by atoms with Crippen molar-refractivity contribution in [1.82, 2.24) is 9.97 Å². The number of pyridine rings is 2. The van der Waals surface area contributed by atoms with E-state index in [1.54, 1.807) is 23.4 Å². The molecule has 1 fully saturated rings. The van der Waals surface area contributed by atoms with Crippen LogP contribution in [-0.2, 0) is 19.1 Å². The highest BCUT2D eigenvalue weighted by atomic mass is 16.5. The molecule has 1 aromatic carbocycles. The fraction of sp³-hybridized carbons (Fsp3) is 0.321. The molecule has 3 aliphatic rings. The van der Waals surface area contributed by atoms with Crippen molar-refractivity contribution in [2.75, 3.05) is 41.4 Å². The molecule has 1 unspecified atom stereocenters. The largest absolute Gasteiger partial charge is 0.485 e. The SMILES string of the molecule is CC(=O)OCC(=O)N1CCOc2ncc(Nc3cc4c(cn3)-c3ccc(N5CCCC5=O)cc3OC4C)cc21. The van der Waals surface area contributed by atoms with Crippen molar-refractivity contribution >= 4 is 40.7 Å². The van der Waals surface area contributed by atoms with Crippen LogP contribution in [-0.4, -0.2) is 54.1 Å². The van der Waals surface area contributed by atoms with Gasteiger partial charge < -0.3 is 29.3 Å². The summed E-state index contributed by atoms with van der Waals surface area (Å²) in [6.45, 7) is 4.21. The quantitative estimate of drug-likeness (QED) is 0.492. The number of esters is 1. The molecule has 6 rings (SSSR count). The highest BCUT2D eigenvalue weighted by Gasteiger charge is 2.28. The number of nitrogens with one attached hydrogen (secondary N) is 1. The second kappa shape index (κ2) is 9.90.